The Morgan fingerprint density at radius 2 is 1.74 bits per heavy atom. The largest absolute Gasteiger partial charge is 0.497 e. The normalized spacial score (nSPS) is 13.8. The molecule has 1 aliphatic rings. The van der Waals surface area contributed by atoms with Crippen LogP contribution in [0.2, 0.25) is 0 Å². The number of urea groups is 1. The minimum atomic E-state index is -0.213. The van der Waals surface area contributed by atoms with Gasteiger partial charge in [-0.3, -0.25) is 9.69 Å². The number of hydrogen-bond donors (Lipinski definition) is 1. The summed E-state index contributed by atoms with van der Waals surface area (Å²) in [4.78, 5) is 29.2. The Labute approximate surface area is 182 Å². The maximum absolute atomic E-state index is 13.0. The van der Waals surface area contributed by atoms with E-state index in [4.69, 9.17) is 4.74 Å². The second kappa shape index (κ2) is 9.34. The van der Waals surface area contributed by atoms with Gasteiger partial charge in [-0.05, 0) is 48.4 Å². The number of ether oxygens (including phenoxy) is 1. The second-order valence-corrected chi connectivity index (χ2v) is 7.43. The third kappa shape index (κ3) is 4.86. The fourth-order valence-corrected chi connectivity index (χ4v) is 3.67. The predicted molar refractivity (Wildman–Crippen MR) is 122 cm³/mol. The van der Waals surface area contributed by atoms with Gasteiger partial charge in [-0.25, -0.2) is 4.79 Å². The van der Waals surface area contributed by atoms with E-state index in [2.05, 4.69) is 5.32 Å². The highest BCUT2D eigenvalue weighted by Gasteiger charge is 2.26. The molecule has 1 N–H and O–H groups in total. The van der Waals surface area contributed by atoms with E-state index in [9.17, 15) is 9.59 Å². The van der Waals surface area contributed by atoms with Crippen LogP contribution in [0, 0.1) is 0 Å². The minimum Gasteiger partial charge on any atom is -0.497 e. The van der Waals surface area contributed by atoms with Crippen molar-refractivity contribution in [2.45, 2.75) is 13.0 Å². The molecule has 0 unspecified atom stereocenters. The van der Waals surface area contributed by atoms with Gasteiger partial charge in [0.25, 0.3) is 5.91 Å². The van der Waals surface area contributed by atoms with Gasteiger partial charge in [0, 0.05) is 42.6 Å². The summed E-state index contributed by atoms with van der Waals surface area (Å²) in [6, 6.07) is 24.3. The Bertz CT molecular complexity index is 1050. The Morgan fingerprint density at radius 3 is 2.48 bits per heavy atom. The zero-order valence-corrected chi connectivity index (χ0v) is 17.5. The van der Waals surface area contributed by atoms with Gasteiger partial charge in [-0.2, -0.15) is 0 Å². The molecule has 1 saturated heterocycles. The van der Waals surface area contributed by atoms with Crippen LogP contribution in [0.4, 0.5) is 16.2 Å². The summed E-state index contributed by atoms with van der Waals surface area (Å²) in [5, 5.41) is 2.87. The molecule has 6 nitrogen and oxygen atoms in total. The summed E-state index contributed by atoms with van der Waals surface area (Å²) in [7, 11) is 1.59. The standard InChI is InChI=1S/C25H25N3O3/c1-31-23-10-5-9-21(17-23)26-24(29)20-11-13-22(14-12-20)28-16-6-15-27(25(28)30)18-19-7-3-2-4-8-19/h2-5,7-14,17H,6,15-16,18H2,1H3,(H,26,29). The molecular formula is C25H25N3O3. The van der Waals surface area contributed by atoms with Gasteiger partial charge < -0.3 is 15.0 Å². The van der Waals surface area contributed by atoms with Crippen molar-refractivity contribution in [3.8, 4) is 5.75 Å². The van der Waals surface area contributed by atoms with Crippen LogP contribution in [0.25, 0.3) is 0 Å². The molecule has 0 atom stereocenters. The molecule has 0 aliphatic carbocycles. The maximum Gasteiger partial charge on any atom is 0.324 e. The smallest absolute Gasteiger partial charge is 0.324 e. The lowest BCUT2D eigenvalue weighted by Crippen LogP contribution is -2.49. The van der Waals surface area contributed by atoms with E-state index in [1.807, 2.05) is 65.6 Å². The molecular weight excluding hydrogens is 390 g/mol. The van der Waals surface area contributed by atoms with Crippen molar-refractivity contribution < 1.29 is 14.3 Å². The molecule has 1 fully saturated rings. The number of carbonyl (C=O) groups is 2. The van der Waals surface area contributed by atoms with Gasteiger partial charge in [0.2, 0.25) is 0 Å². The minimum absolute atomic E-state index is 0.0105. The lowest BCUT2D eigenvalue weighted by molar-refractivity contribution is 0.102. The van der Waals surface area contributed by atoms with Crippen molar-refractivity contribution >= 4 is 23.3 Å². The predicted octanol–water partition coefficient (Wildman–Crippen LogP) is 4.78. The van der Waals surface area contributed by atoms with E-state index < -0.39 is 0 Å². The van der Waals surface area contributed by atoms with E-state index >= 15 is 0 Å². The molecule has 0 bridgehead atoms. The fraction of sp³-hybridized carbons (Fsp3) is 0.200. The van der Waals surface area contributed by atoms with Crippen molar-refractivity contribution in [2.24, 2.45) is 0 Å². The lowest BCUT2D eigenvalue weighted by atomic mass is 10.1. The van der Waals surface area contributed by atoms with Crippen LogP contribution in [-0.4, -0.2) is 37.0 Å². The molecule has 0 saturated carbocycles. The summed E-state index contributed by atoms with van der Waals surface area (Å²) >= 11 is 0. The molecule has 158 valence electrons. The number of carbonyl (C=O) groups excluding carboxylic acids is 2. The molecule has 0 spiro atoms. The second-order valence-electron chi connectivity index (χ2n) is 7.43. The van der Waals surface area contributed by atoms with Crippen LogP contribution in [0.3, 0.4) is 0 Å². The quantitative estimate of drug-likeness (QED) is 0.630. The third-order valence-electron chi connectivity index (χ3n) is 5.30. The number of methoxy groups -OCH3 is 1. The molecule has 4 rings (SSSR count). The van der Waals surface area contributed by atoms with Gasteiger partial charge >= 0.3 is 6.03 Å². The van der Waals surface area contributed by atoms with Crippen LogP contribution in [0.5, 0.6) is 5.75 Å². The van der Waals surface area contributed by atoms with E-state index in [1.54, 1.807) is 30.2 Å². The molecule has 3 aromatic rings. The number of anilines is 2. The average molecular weight is 415 g/mol. The summed E-state index contributed by atoms with van der Waals surface area (Å²) in [6.45, 7) is 2.00. The molecule has 3 aromatic carbocycles. The first kappa shape index (κ1) is 20.5. The van der Waals surface area contributed by atoms with Crippen molar-refractivity contribution in [2.75, 3.05) is 30.4 Å². The molecule has 3 amide bonds. The van der Waals surface area contributed by atoms with Crippen LogP contribution in [-0.2, 0) is 6.54 Å². The summed E-state index contributed by atoms with van der Waals surface area (Å²) in [5.41, 5.74) is 3.09. The van der Waals surface area contributed by atoms with Crippen molar-refractivity contribution in [1.82, 2.24) is 4.90 Å². The van der Waals surface area contributed by atoms with Crippen LogP contribution in [0.1, 0.15) is 22.3 Å². The molecule has 6 heteroatoms. The van der Waals surface area contributed by atoms with Gasteiger partial charge in [0.15, 0.2) is 0 Å². The van der Waals surface area contributed by atoms with E-state index in [-0.39, 0.29) is 11.9 Å². The molecule has 1 heterocycles. The highest BCUT2D eigenvalue weighted by molar-refractivity contribution is 6.04. The highest BCUT2D eigenvalue weighted by Crippen LogP contribution is 2.23. The highest BCUT2D eigenvalue weighted by atomic mass is 16.5. The first-order valence-electron chi connectivity index (χ1n) is 10.3. The number of benzene rings is 3. The van der Waals surface area contributed by atoms with E-state index in [0.717, 1.165) is 24.2 Å². The topological polar surface area (TPSA) is 61.9 Å². The first-order valence-corrected chi connectivity index (χ1v) is 10.3. The summed E-state index contributed by atoms with van der Waals surface area (Å²) in [5.74, 6) is 0.465. The van der Waals surface area contributed by atoms with Crippen LogP contribution < -0.4 is 15.0 Å². The SMILES string of the molecule is COc1cccc(NC(=O)c2ccc(N3CCCN(Cc4ccccc4)C3=O)cc2)c1. The van der Waals surface area contributed by atoms with Crippen molar-refractivity contribution in [3.63, 3.8) is 0 Å². The maximum atomic E-state index is 13.0. The number of hydrogen-bond acceptors (Lipinski definition) is 3. The van der Waals surface area contributed by atoms with Gasteiger partial charge in [-0.15, -0.1) is 0 Å². The number of nitrogens with zero attached hydrogens (tertiary/aromatic N) is 2. The molecule has 0 radical (unpaired) electrons. The Hall–Kier alpha value is -3.80. The fourth-order valence-electron chi connectivity index (χ4n) is 3.67. The average Bonchev–Trinajstić information content (AvgIpc) is 2.81. The Morgan fingerprint density at radius 1 is 0.968 bits per heavy atom. The molecule has 31 heavy (non-hydrogen) atoms. The summed E-state index contributed by atoms with van der Waals surface area (Å²) < 4.78 is 5.19. The van der Waals surface area contributed by atoms with Gasteiger partial charge in [-0.1, -0.05) is 36.4 Å². The van der Waals surface area contributed by atoms with E-state index in [0.29, 0.717) is 30.1 Å². The summed E-state index contributed by atoms with van der Waals surface area (Å²) in [6.07, 6.45) is 0.899. The van der Waals surface area contributed by atoms with Crippen LogP contribution in [0.15, 0.2) is 78.9 Å². The molecule has 0 aromatic heterocycles. The first-order chi connectivity index (χ1) is 15.1. The number of rotatable bonds is 6. The Balaban J connectivity index is 1.43. The van der Waals surface area contributed by atoms with E-state index in [1.165, 1.54) is 0 Å². The van der Waals surface area contributed by atoms with Crippen molar-refractivity contribution in [1.29, 1.82) is 0 Å². The van der Waals surface area contributed by atoms with Gasteiger partial charge in [0.1, 0.15) is 5.75 Å². The van der Waals surface area contributed by atoms with Crippen molar-refractivity contribution in [3.05, 3.63) is 90.0 Å². The third-order valence-corrected chi connectivity index (χ3v) is 5.30. The number of amides is 3. The monoisotopic (exact) mass is 415 g/mol. The van der Waals surface area contributed by atoms with Gasteiger partial charge in [0.05, 0.1) is 7.11 Å². The molecule has 1 aliphatic heterocycles. The number of nitrogens with one attached hydrogen (secondary N) is 1. The van der Waals surface area contributed by atoms with Crippen LogP contribution >= 0.6 is 0 Å². The Kier molecular flexibility index (Phi) is 6.17. The zero-order valence-electron chi connectivity index (χ0n) is 17.5. The zero-order chi connectivity index (χ0) is 21.6. The lowest BCUT2D eigenvalue weighted by Gasteiger charge is -2.35.